The molecule has 0 spiro atoms. The number of fused-ring (bicyclic) bond motifs is 1. The van der Waals surface area contributed by atoms with Crippen molar-refractivity contribution in [3.8, 4) is 0 Å². The van der Waals surface area contributed by atoms with Gasteiger partial charge in [-0.15, -0.1) is 0 Å². The van der Waals surface area contributed by atoms with E-state index >= 15 is 0 Å². The summed E-state index contributed by atoms with van der Waals surface area (Å²) in [4.78, 5) is 18.3. The van der Waals surface area contributed by atoms with Crippen molar-refractivity contribution in [2.45, 2.75) is 12.8 Å². The average Bonchev–Trinajstić information content (AvgIpc) is 2.92. The Hall–Kier alpha value is -2.89. The molecular weight excluding hydrogens is 292 g/mol. The van der Waals surface area contributed by atoms with Gasteiger partial charge < -0.3 is 14.7 Å². The predicted molar refractivity (Wildman–Crippen MR) is 86.3 cm³/mol. The van der Waals surface area contributed by atoms with E-state index < -0.39 is 0 Å². The quantitative estimate of drug-likeness (QED) is 0.789. The Balaban J connectivity index is 1.45. The number of anilines is 1. The number of nitrogens with one attached hydrogen (secondary N) is 1. The van der Waals surface area contributed by atoms with Crippen LogP contribution in [-0.2, 0) is 0 Å². The van der Waals surface area contributed by atoms with Crippen molar-refractivity contribution in [1.29, 1.82) is 0 Å². The third kappa shape index (κ3) is 2.52. The van der Waals surface area contributed by atoms with Gasteiger partial charge in [0.25, 0.3) is 0 Å². The Bertz CT molecular complexity index is 862. The maximum atomic E-state index is 12.4. The van der Waals surface area contributed by atoms with Crippen LogP contribution >= 0.6 is 0 Å². The molecule has 0 saturated carbocycles. The SMILES string of the molecule is Cc1noc(C2CN(C(=O)Nc3cccc4ccccc34)C2)n1. The zero-order chi connectivity index (χ0) is 15.8. The van der Waals surface area contributed by atoms with Crippen LogP contribution in [0.4, 0.5) is 10.5 Å². The Morgan fingerprint density at radius 1 is 1.22 bits per heavy atom. The fourth-order valence-electron chi connectivity index (χ4n) is 2.81. The van der Waals surface area contributed by atoms with Crippen molar-refractivity contribution >= 4 is 22.5 Å². The van der Waals surface area contributed by atoms with Crippen LogP contribution in [0.15, 0.2) is 47.0 Å². The largest absolute Gasteiger partial charge is 0.339 e. The van der Waals surface area contributed by atoms with E-state index in [1.807, 2.05) is 42.5 Å². The maximum Gasteiger partial charge on any atom is 0.321 e. The fraction of sp³-hybridized carbons (Fsp3) is 0.235. The number of hydrogen-bond acceptors (Lipinski definition) is 4. The van der Waals surface area contributed by atoms with E-state index in [2.05, 4.69) is 15.5 Å². The van der Waals surface area contributed by atoms with E-state index in [-0.39, 0.29) is 11.9 Å². The summed E-state index contributed by atoms with van der Waals surface area (Å²) in [6.45, 7) is 2.98. The monoisotopic (exact) mass is 308 g/mol. The molecule has 2 aromatic carbocycles. The second-order valence-corrected chi connectivity index (χ2v) is 5.74. The molecule has 0 atom stereocenters. The molecule has 2 amide bonds. The van der Waals surface area contributed by atoms with Crippen LogP contribution in [0.3, 0.4) is 0 Å². The van der Waals surface area contributed by atoms with Crippen LogP contribution in [0, 0.1) is 6.92 Å². The first-order chi connectivity index (χ1) is 11.2. The van der Waals surface area contributed by atoms with Crippen molar-refractivity contribution in [2.75, 3.05) is 18.4 Å². The molecule has 2 heterocycles. The van der Waals surface area contributed by atoms with Crippen molar-refractivity contribution in [2.24, 2.45) is 0 Å². The smallest absolute Gasteiger partial charge is 0.321 e. The summed E-state index contributed by atoms with van der Waals surface area (Å²) in [6, 6.07) is 13.8. The van der Waals surface area contributed by atoms with Crippen molar-refractivity contribution in [1.82, 2.24) is 15.0 Å². The third-order valence-electron chi connectivity index (χ3n) is 4.09. The molecule has 3 aromatic rings. The lowest BCUT2D eigenvalue weighted by Gasteiger charge is -2.36. The van der Waals surface area contributed by atoms with E-state index in [1.54, 1.807) is 11.8 Å². The zero-order valence-corrected chi connectivity index (χ0v) is 12.7. The summed E-state index contributed by atoms with van der Waals surface area (Å²) in [7, 11) is 0. The van der Waals surface area contributed by atoms with Crippen LogP contribution < -0.4 is 5.32 Å². The van der Waals surface area contributed by atoms with Gasteiger partial charge >= 0.3 is 6.03 Å². The van der Waals surface area contributed by atoms with Gasteiger partial charge in [-0.25, -0.2) is 4.79 Å². The van der Waals surface area contributed by atoms with Gasteiger partial charge in [-0.3, -0.25) is 0 Å². The summed E-state index contributed by atoms with van der Waals surface area (Å²) in [6.07, 6.45) is 0. The van der Waals surface area contributed by atoms with Gasteiger partial charge in [0.05, 0.1) is 11.6 Å². The molecule has 1 aromatic heterocycles. The normalized spacial score (nSPS) is 14.7. The van der Waals surface area contributed by atoms with Gasteiger partial charge in [0.15, 0.2) is 5.82 Å². The highest BCUT2D eigenvalue weighted by Gasteiger charge is 2.35. The summed E-state index contributed by atoms with van der Waals surface area (Å²) < 4.78 is 5.15. The van der Waals surface area contributed by atoms with Crippen molar-refractivity contribution in [3.05, 3.63) is 54.2 Å². The first-order valence-electron chi connectivity index (χ1n) is 7.54. The molecule has 0 aliphatic carbocycles. The second kappa shape index (κ2) is 5.39. The summed E-state index contributed by atoms with van der Waals surface area (Å²) in [5.41, 5.74) is 0.824. The minimum Gasteiger partial charge on any atom is -0.339 e. The predicted octanol–water partition coefficient (Wildman–Crippen LogP) is 3.16. The van der Waals surface area contributed by atoms with Crippen molar-refractivity contribution in [3.63, 3.8) is 0 Å². The number of carbonyl (C=O) groups is 1. The highest BCUT2D eigenvalue weighted by molar-refractivity contribution is 6.01. The molecule has 4 rings (SSSR count). The first-order valence-corrected chi connectivity index (χ1v) is 7.54. The third-order valence-corrected chi connectivity index (χ3v) is 4.09. The van der Waals surface area contributed by atoms with Crippen LogP contribution in [0.1, 0.15) is 17.6 Å². The van der Waals surface area contributed by atoms with Gasteiger partial charge in [0.1, 0.15) is 0 Å². The molecule has 6 heteroatoms. The highest BCUT2D eigenvalue weighted by atomic mass is 16.5. The second-order valence-electron chi connectivity index (χ2n) is 5.74. The number of urea groups is 1. The van der Waals surface area contributed by atoms with Gasteiger partial charge in [0, 0.05) is 18.5 Å². The van der Waals surface area contributed by atoms with Gasteiger partial charge in [-0.2, -0.15) is 4.98 Å². The molecule has 1 aliphatic rings. The summed E-state index contributed by atoms with van der Waals surface area (Å²) in [5, 5.41) is 8.91. The highest BCUT2D eigenvalue weighted by Crippen LogP contribution is 2.28. The molecule has 0 unspecified atom stereocenters. The zero-order valence-electron chi connectivity index (χ0n) is 12.7. The lowest BCUT2D eigenvalue weighted by Crippen LogP contribution is -2.50. The number of rotatable bonds is 2. The molecule has 116 valence electrons. The van der Waals surface area contributed by atoms with Crippen LogP contribution in [-0.4, -0.2) is 34.2 Å². The minimum absolute atomic E-state index is 0.103. The molecule has 1 fully saturated rings. The van der Waals surface area contributed by atoms with Crippen LogP contribution in [0.2, 0.25) is 0 Å². The fourth-order valence-corrected chi connectivity index (χ4v) is 2.81. The molecule has 6 nitrogen and oxygen atoms in total. The Kier molecular flexibility index (Phi) is 3.22. The van der Waals surface area contributed by atoms with Crippen molar-refractivity contribution < 1.29 is 9.32 Å². The number of nitrogens with zero attached hydrogens (tertiary/aromatic N) is 3. The van der Waals surface area contributed by atoms with E-state index in [0.29, 0.717) is 24.8 Å². The number of amides is 2. The minimum atomic E-state index is -0.103. The number of aryl methyl sites for hydroxylation is 1. The Morgan fingerprint density at radius 3 is 2.78 bits per heavy atom. The molecule has 23 heavy (non-hydrogen) atoms. The maximum absolute atomic E-state index is 12.4. The van der Waals surface area contributed by atoms with Gasteiger partial charge in [-0.05, 0) is 18.4 Å². The molecule has 0 radical (unpaired) electrons. The standard InChI is InChI=1S/C17H16N4O2/c1-11-18-16(23-20-11)13-9-21(10-13)17(22)19-15-8-4-6-12-5-2-3-7-14(12)15/h2-8,13H,9-10H2,1H3,(H,19,22). The van der Waals surface area contributed by atoms with E-state index in [1.165, 1.54) is 0 Å². The van der Waals surface area contributed by atoms with Gasteiger partial charge in [0.2, 0.25) is 5.89 Å². The summed E-state index contributed by atoms with van der Waals surface area (Å²) in [5.74, 6) is 1.37. The Labute approximate surface area is 133 Å². The van der Waals surface area contributed by atoms with E-state index in [9.17, 15) is 4.79 Å². The molecule has 1 N–H and O–H groups in total. The molecule has 1 aliphatic heterocycles. The lowest BCUT2D eigenvalue weighted by atomic mass is 10.0. The van der Waals surface area contributed by atoms with E-state index in [4.69, 9.17) is 4.52 Å². The number of hydrogen-bond donors (Lipinski definition) is 1. The first kappa shape index (κ1) is 13.8. The summed E-state index contributed by atoms with van der Waals surface area (Å²) >= 11 is 0. The lowest BCUT2D eigenvalue weighted by molar-refractivity contribution is 0.147. The number of likely N-dealkylation sites (tertiary alicyclic amines) is 1. The number of aromatic nitrogens is 2. The van der Waals surface area contributed by atoms with Crippen LogP contribution in [0.5, 0.6) is 0 Å². The van der Waals surface area contributed by atoms with Gasteiger partial charge in [-0.1, -0.05) is 41.6 Å². The molecular formula is C17H16N4O2. The number of carbonyl (C=O) groups excluding carboxylic acids is 1. The average molecular weight is 308 g/mol. The molecule has 0 bridgehead atoms. The Morgan fingerprint density at radius 2 is 2.00 bits per heavy atom. The topological polar surface area (TPSA) is 71.3 Å². The van der Waals surface area contributed by atoms with Crippen LogP contribution in [0.25, 0.3) is 10.8 Å². The van der Waals surface area contributed by atoms with E-state index in [0.717, 1.165) is 16.5 Å². The number of benzene rings is 2. The molecule has 1 saturated heterocycles.